The van der Waals surface area contributed by atoms with E-state index in [1.807, 2.05) is 6.20 Å². The maximum Gasteiger partial charge on any atom is 0.166 e. The predicted octanol–water partition coefficient (Wildman–Crippen LogP) is 4.10. The highest BCUT2D eigenvalue weighted by Gasteiger charge is 2.20. The van der Waals surface area contributed by atoms with Crippen molar-refractivity contribution in [3.05, 3.63) is 58.2 Å². The van der Waals surface area contributed by atoms with Gasteiger partial charge in [-0.25, -0.2) is 9.37 Å². The smallest absolute Gasteiger partial charge is 0.166 e. The van der Waals surface area contributed by atoms with E-state index in [9.17, 15) is 4.39 Å². The van der Waals surface area contributed by atoms with Crippen molar-refractivity contribution in [3.63, 3.8) is 0 Å². The first kappa shape index (κ1) is 20.5. The summed E-state index contributed by atoms with van der Waals surface area (Å²) in [5.74, 6) is -0.0713. The molecule has 3 aromatic rings. The molecule has 1 saturated heterocycles. The number of benzene rings is 1. The Balaban J connectivity index is 1.51. The van der Waals surface area contributed by atoms with Crippen molar-refractivity contribution in [1.82, 2.24) is 20.1 Å². The van der Waals surface area contributed by atoms with Crippen molar-refractivity contribution in [2.45, 2.75) is 25.6 Å². The molecule has 2 unspecified atom stereocenters. The molecule has 0 amide bonds. The van der Waals surface area contributed by atoms with Crippen LogP contribution in [-0.4, -0.2) is 40.5 Å². The lowest BCUT2D eigenvalue weighted by Gasteiger charge is -2.23. The summed E-state index contributed by atoms with van der Waals surface area (Å²) < 4.78 is 34.6. The Morgan fingerprint density at radius 2 is 2.26 bits per heavy atom. The standard InChI is InChI=1S/C21H22Cl2FN5O2/c1-12(19-16(22)2-3-17(24)20(19)23)31-18-6-13(7-27-21(18)25)14-8-28-29(9-14)10-15-11-30-5-4-26-15/h2-3,6-9,12,15,26H,4-5,10-11H2,1H3,(H2,25,27)/t12-,15?/m1/s1/i5D/t5?,12-,15?. The summed E-state index contributed by atoms with van der Waals surface area (Å²) in [6, 6.07) is 4.46. The van der Waals surface area contributed by atoms with Gasteiger partial charge in [0.25, 0.3) is 0 Å². The largest absolute Gasteiger partial charge is 0.482 e. The Morgan fingerprint density at radius 1 is 1.42 bits per heavy atom. The normalized spacial score (nSPS) is 20.3. The topological polar surface area (TPSA) is 87.2 Å². The van der Waals surface area contributed by atoms with Gasteiger partial charge in [-0.15, -0.1) is 0 Å². The van der Waals surface area contributed by atoms with Crippen LogP contribution in [0.5, 0.6) is 5.75 Å². The number of hydrogen-bond acceptors (Lipinski definition) is 6. The molecule has 3 N–H and O–H groups in total. The molecule has 1 aromatic carbocycles. The average Bonchev–Trinajstić information content (AvgIpc) is 3.23. The van der Waals surface area contributed by atoms with Crippen molar-refractivity contribution in [1.29, 1.82) is 0 Å². The fraction of sp³-hybridized carbons (Fsp3) is 0.333. The second-order valence-corrected chi connectivity index (χ2v) is 7.97. The Morgan fingerprint density at radius 3 is 3.03 bits per heavy atom. The second-order valence-electron chi connectivity index (χ2n) is 7.18. The van der Waals surface area contributed by atoms with E-state index in [1.54, 1.807) is 30.1 Å². The molecule has 0 spiro atoms. The molecular weight excluding hydrogens is 444 g/mol. The van der Waals surface area contributed by atoms with Gasteiger partial charge < -0.3 is 20.5 Å². The summed E-state index contributed by atoms with van der Waals surface area (Å²) >= 11 is 12.3. The Bertz CT molecular complexity index is 1110. The van der Waals surface area contributed by atoms with Gasteiger partial charge in [0.2, 0.25) is 0 Å². The van der Waals surface area contributed by atoms with Gasteiger partial charge in [0, 0.05) is 40.7 Å². The molecule has 0 bridgehead atoms. The molecule has 2 aromatic heterocycles. The van der Waals surface area contributed by atoms with Crippen LogP contribution in [0.2, 0.25) is 10.0 Å². The summed E-state index contributed by atoms with van der Waals surface area (Å²) in [6.45, 7) is 2.72. The van der Waals surface area contributed by atoms with E-state index < -0.39 is 18.5 Å². The van der Waals surface area contributed by atoms with E-state index >= 15 is 0 Å². The first-order valence-electron chi connectivity index (χ1n) is 10.2. The molecule has 4 rings (SSSR count). The summed E-state index contributed by atoms with van der Waals surface area (Å²) in [6.07, 6.45) is 4.57. The predicted molar refractivity (Wildman–Crippen MR) is 118 cm³/mol. The molecule has 31 heavy (non-hydrogen) atoms. The lowest BCUT2D eigenvalue weighted by molar-refractivity contribution is 0.0702. The SMILES string of the molecule is [2H]C1CNC(Cn2cc(-c3cnc(N)c(O[C@H](C)c4c(Cl)ccc(F)c4Cl)c3)cn2)CO1. The lowest BCUT2D eigenvalue weighted by Crippen LogP contribution is -2.43. The van der Waals surface area contributed by atoms with Gasteiger partial charge in [-0.05, 0) is 25.1 Å². The zero-order chi connectivity index (χ0) is 22.8. The van der Waals surface area contributed by atoms with Crippen molar-refractivity contribution in [2.75, 3.05) is 25.5 Å². The molecule has 3 heterocycles. The van der Waals surface area contributed by atoms with Crippen LogP contribution in [-0.2, 0) is 11.3 Å². The van der Waals surface area contributed by atoms with Crippen molar-refractivity contribution in [2.24, 2.45) is 0 Å². The molecular formula is C21H22Cl2FN5O2. The number of hydrogen-bond donors (Lipinski definition) is 2. The summed E-state index contributed by atoms with van der Waals surface area (Å²) in [7, 11) is 0. The van der Waals surface area contributed by atoms with Gasteiger partial charge in [0.05, 0.1) is 38.4 Å². The van der Waals surface area contributed by atoms with Crippen LogP contribution in [0.1, 0.15) is 20.0 Å². The third-order valence-electron chi connectivity index (χ3n) is 4.95. The number of nitrogens with two attached hydrogens (primary N) is 1. The first-order chi connectivity index (χ1) is 15.3. The van der Waals surface area contributed by atoms with E-state index in [-0.39, 0.29) is 16.9 Å². The van der Waals surface area contributed by atoms with Crippen molar-refractivity contribution in [3.8, 4) is 16.9 Å². The van der Waals surface area contributed by atoms with E-state index in [2.05, 4.69) is 15.4 Å². The third-order valence-corrected chi connectivity index (χ3v) is 5.66. The van der Waals surface area contributed by atoms with Crippen molar-refractivity contribution < 1.29 is 15.2 Å². The minimum Gasteiger partial charge on any atom is -0.482 e. The second kappa shape index (κ2) is 9.40. The minimum absolute atomic E-state index is 0.0781. The molecule has 164 valence electrons. The fourth-order valence-electron chi connectivity index (χ4n) is 3.34. The molecule has 0 radical (unpaired) electrons. The maximum atomic E-state index is 13.9. The zero-order valence-electron chi connectivity index (χ0n) is 17.7. The molecule has 7 nitrogen and oxygen atoms in total. The van der Waals surface area contributed by atoms with Crippen LogP contribution in [0.15, 0.2) is 36.8 Å². The van der Waals surface area contributed by atoms with Crippen LogP contribution in [0.4, 0.5) is 10.2 Å². The van der Waals surface area contributed by atoms with Crippen LogP contribution >= 0.6 is 23.2 Å². The quantitative estimate of drug-likeness (QED) is 0.531. The lowest BCUT2D eigenvalue weighted by atomic mass is 10.1. The number of pyridine rings is 1. The third kappa shape index (κ3) is 4.93. The Hall–Kier alpha value is -2.39. The number of nitrogen functional groups attached to an aromatic ring is 1. The number of ether oxygens (including phenoxy) is 2. The van der Waals surface area contributed by atoms with E-state index in [1.165, 1.54) is 12.1 Å². The molecule has 0 saturated carbocycles. The van der Waals surface area contributed by atoms with Gasteiger partial charge in [0.15, 0.2) is 11.6 Å². The van der Waals surface area contributed by atoms with Crippen molar-refractivity contribution >= 4 is 29.0 Å². The molecule has 10 heteroatoms. The monoisotopic (exact) mass is 466 g/mol. The van der Waals surface area contributed by atoms with Crippen LogP contribution in [0.25, 0.3) is 11.1 Å². The fourth-order valence-corrected chi connectivity index (χ4v) is 4.02. The first-order valence-corrected chi connectivity index (χ1v) is 10.4. The number of nitrogens with zero attached hydrogens (tertiary/aromatic N) is 3. The van der Waals surface area contributed by atoms with Crippen LogP contribution in [0.3, 0.4) is 0 Å². The summed E-state index contributed by atoms with van der Waals surface area (Å²) in [5, 5.41) is 7.86. The number of nitrogens with one attached hydrogen (secondary N) is 1. The molecule has 0 aliphatic carbocycles. The van der Waals surface area contributed by atoms with E-state index in [4.69, 9.17) is 39.8 Å². The van der Waals surface area contributed by atoms with Gasteiger partial charge in [0.1, 0.15) is 11.9 Å². The van der Waals surface area contributed by atoms with Gasteiger partial charge in [-0.1, -0.05) is 23.2 Å². The Labute approximate surface area is 190 Å². The number of morpholine rings is 1. The van der Waals surface area contributed by atoms with E-state index in [0.717, 1.165) is 11.1 Å². The van der Waals surface area contributed by atoms with Crippen LogP contribution < -0.4 is 15.8 Å². The highest BCUT2D eigenvalue weighted by Crippen LogP contribution is 2.36. The number of anilines is 1. The zero-order valence-corrected chi connectivity index (χ0v) is 18.2. The van der Waals surface area contributed by atoms with E-state index in [0.29, 0.717) is 36.0 Å². The Kier molecular flexibility index (Phi) is 6.22. The van der Waals surface area contributed by atoms with Gasteiger partial charge in [-0.3, -0.25) is 4.68 Å². The minimum atomic E-state index is -0.661. The highest BCUT2D eigenvalue weighted by molar-refractivity contribution is 6.36. The van der Waals surface area contributed by atoms with Gasteiger partial charge >= 0.3 is 0 Å². The summed E-state index contributed by atoms with van der Waals surface area (Å²) in [5.41, 5.74) is 7.92. The molecule has 1 fully saturated rings. The molecule has 1 aliphatic heterocycles. The van der Waals surface area contributed by atoms with Gasteiger partial charge in [-0.2, -0.15) is 5.10 Å². The average molecular weight is 467 g/mol. The molecule has 3 atom stereocenters. The maximum absolute atomic E-state index is 13.9. The number of aromatic nitrogens is 3. The summed E-state index contributed by atoms with van der Waals surface area (Å²) in [4.78, 5) is 4.22. The highest BCUT2D eigenvalue weighted by atomic mass is 35.5. The number of halogens is 3. The van der Waals surface area contributed by atoms with Crippen LogP contribution in [0, 0.1) is 5.82 Å². The number of rotatable bonds is 6. The molecule has 1 aliphatic rings.